The Hall–Kier alpha value is -2.79. The third-order valence-corrected chi connectivity index (χ3v) is 8.40. The highest BCUT2D eigenvalue weighted by atomic mass is 32.1. The lowest BCUT2D eigenvalue weighted by Crippen LogP contribution is -2.35. The molecule has 0 bridgehead atoms. The third kappa shape index (κ3) is 3.61. The van der Waals surface area contributed by atoms with E-state index in [9.17, 15) is 0 Å². The Labute approximate surface area is 207 Å². The second kappa shape index (κ2) is 8.46. The number of benzene rings is 1. The Kier molecular flexibility index (Phi) is 5.71. The third-order valence-electron chi connectivity index (χ3n) is 7.62. The zero-order chi connectivity index (χ0) is 24.1. The lowest BCUT2D eigenvalue weighted by molar-refractivity contribution is -0.406. The van der Waals surface area contributed by atoms with Crippen LogP contribution in [-0.2, 0) is 17.3 Å². The molecule has 176 valence electrons. The molecule has 0 amide bonds. The fourth-order valence-electron chi connectivity index (χ4n) is 5.67. The van der Waals surface area contributed by atoms with Gasteiger partial charge in [-0.15, -0.1) is 11.3 Å². The number of aromatic nitrogens is 2. The molecular formula is C29H35N4S+. The highest BCUT2D eigenvalue weighted by molar-refractivity contribution is 7.09. The van der Waals surface area contributed by atoms with Gasteiger partial charge in [-0.2, -0.15) is 0 Å². The fourth-order valence-corrected chi connectivity index (χ4v) is 6.44. The molecule has 5 rings (SSSR count). The number of nitrogens with zero attached hydrogens (tertiary/aromatic N) is 4. The summed E-state index contributed by atoms with van der Waals surface area (Å²) >= 11 is 1.75. The molecule has 3 aromatic rings. The molecule has 0 spiro atoms. The SMILES string of the molecule is CC(C)CCN1C(=CC2=[N+](C)c3ncccc3C2(C)C)C(C)(Cc2nccs2)c2ccccc21. The summed E-state index contributed by atoms with van der Waals surface area (Å²) in [6, 6.07) is 13.2. The van der Waals surface area contributed by atoms with E-state index < -0.39 is 0 Å². The molecule has 1 unspecified atom stereocenters. The number of rotatable bonds is 6. The van der Waals surface area contributed by atoms with Gasteiger partial charge in [0.15, 0.2) is 0 Å². The lowest BCUT2D eigenvalue weighted by Gasteiger charge is -2.31. The van der Waals surface area contributed by atoms with Crippen molar-refractivity contribution in [3.05, 3.63) is 82.1 Å². The van der Waals surface area contributed by atoms with Gasteiger partial charge in [-0.1, -0.05) is 32.0 Å². The van der Waals surface area contributed by atoms with Gasteiger partial charge in [-0.25, -0.2) is 9.56 Å². The van der Waals surface area contributed by atoms with E-state index in [1.165, 1.54) is 33.2 Å². The van der Waals surface area contributed by atoms with Crippen LogP contribution in [0.3, 0.4) is 0 Å². The maximum atomic E-state index is 4.73. The van der Waals surface area contributed by atoms with Gasteiger partial charge in [0.1, 0.15) is 11.9 Å². The van der Waals surface area contributed by atoms with Crippen LogP contribution in [0.15, 0.2) is 65.9 Å². The second-order valence-corrected chi connectivity index (χ2v) is 11.7. The van der Waals surface area contributed by atoms with E-state index in [-0.39, 0.29) is 10.8 Å². The number of anilines is 1. The Morgan fingerprint density at radius 2 is 1.79 bits per heavy atom. The molecule has 1 atom stereocenters. The van der Waals surface area contributed by atoms with Crippen molar-refractivity contribution in [2.45, 2.75) is 58.3 Å². The first kappa shape index (κ1) is 23.0. The predicted molar refractivity (Wildman–Crippen MR) is 143 cm³/mol. The fraction of sp³-hybridized carbons (Fsp3) is 0.414. The van der Waals surface area contributed by atoms with Crippen molar-refractivity contribution in [2.24, 2.45) is 5.92 Å². The van der Waals surface area contributed by atoms with Crippen molar-refractivity contribution in [1.29, 1.82) is 0 Å². The Balaban J connectivity index is 1.70. The van der Waals surface area contributed by atoms with Gasteiger partial charge in [-0.3, -0.25) is 0 Å². The summed E-state index contributed by atoms with van der Waals surface area (Å²) in [4.78, 5) is 12.0. The van der Waals surface area contributed by atoms with Crippen molar-refractivity contribution in [3.8, 4) is 0 Å². The van der Waals surface area contributed by atoms with Crippen LogP contribution in [0.5, 0.6) is 0 Å². The number of thiazole rings is 1. The highest BCUT2D eigenvalue weighted by Crippen LogP contribution is 2.51. The van der Waals surface area contributed by atoms with Crippen molar-refractivity contribution < 1.29 is 4.58 Å². The number of hydrogen-bond donors (Lipinski definition) is 0. The molecule has 0 saturated heterocycles. The van der Waals surface area contributed by atoms with Crippen LogP contribution in [0, 0.1) is 5.92 Å². The van der Waals surface area contributed by atoms with Gasteiger partial charge in [-0.05, 0) is 61.9 Å². The Bertz CT molecular complexity index is 1270. The first-order valence-corrected chi connectivity index (χ1v) is 13.2. The normalized spacial score (nSPS) is 22.1. The van der Waals surface area contributed by atoms with Crippen LogP contribution in [0.1, 0.15) is 57.2 Å². The number of para-hydroxylation sites is 1. The van der Waals surface area contributed by atoms with Crippen molar-refractivity contribution in [1.82, 2.24) is 9.97 Å². The number of pyridine rings is 1. The van der Waals surface area contributed by atoms with Gasteiger partial charge in [0.2, 0.25) is 0 Å². The smallest absolute Gasteiger partial charge is 0.327 e. The minimum Gasteiger partial charge on any atom is -0.344 e. The van der Waals surface area contributed by atoms with Gasteiger partial charge >= 0.3 is 5.82 Å². The maximum Gasteiger partial charge on any atom is 0.327 e. The van der Waals surface area contributed by atoms with Crippen LogP contribution >= 0.6 is 11.3 Å². The minimum atomic E-state index is -0.155. The molecule has 2 aromatic heterocycles. The predicted octanol–water partition coefficient (Wildman–Crippen LogP) is 6.49. The van der Waals surface area contributed by atoms with Gasteiger partial charge in [0.05, 0.1) is 23.0 Å². The standard InChI is InChI=1S/C29H35N4S/c1-20(2)13-16-33-23-12-8-7-10-21(23)29(5,19-26-30-15-17-34-26)25(33)18-24-28(3,4)22-11-9-14-31-27(22)32(24)6/h7-12,14-15,17-18,20H,13,16,19H2,1-6H3/q+1. The van der Waals surface area contributed by atoms with Crippen LogP contribution in [0.2, 0.25) is 0 Å². The van der Waals surface area contributed by atoms with Crippen molar-refractivity contribution >= 4 is 28.6 Å². The molecule has 2 aliphatic rings. The first-order valence-electron chi connectivity index (χ1n) is 12.3. The number of hydrogen-bond acceptors (Lipinski definition) is 4. The average molecular weight is 472 g/mol. The number of allylic oxidation sites excluding steroid dienone is 2. The molecule has 5 heteroatoms. The first-order chi connectivity index (χ1) is 16.2. The molecule has 0 saturated carbocycles. The van der Waals surface area contributed by atoms with Crippen LogP contribution in [-0.4, -0.2) is 33.8 Å². The van der Waals surface area contributed by atoms with E-state index in [0.717, 1.165) is 25.2 Å². The maximum absolute atomic E-state index is 4.73. The van der Waals surface area contributed by atoms with Crippen molar-refractivity contribution in [3.63, 3.8) is 0 Å². The molecule has 4 nitrogen and oxygen atoms in total. The van der Waals surface area contributed by atoms with Gasteiger partial charge < -0.3 is 4.90 Å². The van der Waals surface area contributed by atoms with E-state index in [4.69, 9.17) is 4.98 Å². The molecule has 34 heavy (non-hydrogen) atoms. The topological polar surface area (TPSA) is 32.0 Å². The van der Waals surface area contributed by atoms with Gasteiger partial charge in [0, 0.05) is 47.4 Å². The zero-order valence-corrected chi connectivity index (χ0v) is 22.0. The highest BCUT2D eigenvalue weighted by Gasteiger charge is 2.47. The summed E-state index contributed by atoms with van der Waals surface area (Å²) in [6.45, 7) is 12.7. The quantitative estimate of drug-likeness (QED) is 0.385. The summed E-state index contributed by atoms with van der Waals surface area (Å²) in [6.07, 6.45) is 8.34. The van der Waals surface area contributed by atoms with E-state index in [2.05, 4.69) is 104 Å². The van der Waals surface area contributed by atoms with Gasteiger partial charge in [0.25, 0.3) is 0 Å². The van der Waals surface area contributed by atoms with Crippen LogP contribution in [0.4, 0.5) is 11.5 Å². The van der Waals surface area contributed by atoms with Crippen LogP contribution < -0.4 is 4.90 Å². The molecule has 4 heterocycles. The zero-order valence-electron chi connectivity index (χ0n) is 21.2. The summed E-state index contributed by atoms with van der Waals surface area (Å²) < 4.78 is 2.29. The molecule has 0 N–H and O–H groups in total. The average Bonchev–Trinajstić information content (AvgIpc) is 3.45. The van der Waals surface area contributed by atoms with Crippen LogP contribution in [0.25, 0.3) is 0 Å². The molecular weight excluding hydrogens is 436 g/mol. The second-order valence-electron chi connectivity index (χ2n) is 10.8. The molecule has 2 aliphatic heterocycles. The molecule has 1 aromatic carbocycles. The number of fused-ring (bicyclic) bond motifs is 2. The Morgan fingerprint density at radius 1 is 1.03 bits per heavy atom. The largest absolute Gasteiger partial charge is 0.344 e. The van der Waals surface area contributed by atoms with E-state index >= 15 is 0 Å². The van der Waals surface area contributed by atoms with E-state index in [1.54, 1.807) is 11.3 Å². The summed E-state index contributed by atoms with van der Waals surface area (Å²) in [7, 11) is 2.16. The summed E-state index contributed by atoms with van der Waals surface area (Å²) in [5.41, 5.74) is 6.41. The van der Waals surface area contributed by atoms with E-state index in [1.807, 2.05) is 12.4 Å². The van der Waals surface area contributed by atoms with Crippen molar-refractivity contribution in [2.75, 3.05) is 18.5 Å². The monoisotopic (exact) mass is 471 g/mol. The summed E-state index contributed by atoms with van der Waals surface area (Å²) in [5.74, 6) is 1.70. The van der Waals surface area contributed by atoms with E-state index in [0.29, 0.717) is 5.92 Å². The molecule has 0 radical (unpaired) electrons. The summed E-state index contributed by atoms with van der Waals surface area (Å²) in [5, 5.41) is 3.27. The molecule has 0 fully saturated rings. The minimum absolute atomic E-state index is 0.119. The lowest BCUT2D eigenvalue weighted by atomic mass is 9.76. The Morgan fingerprint density at radius 3 is 2.50 bits per heavy atom. The molecule has 0 aliphatic carbocycles.